The number of halogens is 1. The molecule has 0 spiro atoms. The molecule has 2 unspecified atom stereocenters. The molecule has 23 heavy (non-hydrogen) atoms. The van der Waals surface area contributed by atoms with Crippen LogP contribution in [0.1, 0.15) is 11.8 Å². The Hall–Kier alpha value is -0.580. The molecule has 0 aliphatic carbocycles. The molecule has 3 rings (SSSR count). The minimum Gasteiger partial charge on any atom is -0.386 e. The molecule has 0 radical (unpaired) electrons. The predicted octanol–water partition coefficient (Wildman–Crippen LogP) is 3.32. The summed E-state index contributed by atoms with van der Waals surface area (Å²) in [4.78, 5) is 0. The molecule has 124 valence electrons. The molecule has 1 aromatic carbocycles. The second kappa shape index (κ2) is 7.12. The van der Waals surface area contributed by atoms with Crippen molar-refractivity contribution in [2.75, 3.05) is 13.7 Å². The number of benzene rings is 1. The third-order valence-electron chi connectivity index (χ3n) is 4.17. The second-order valence-electron chi connectivity index (χ2n) is 5.65. The summed E-state index contributed by atoms with van der Waals surface area (Å²) in [6, 6.07) is 8.10. The number of pyridine rings is 1. The van der Waals surface area contributed by atoms with Gasteiger partial charge in [-0.25, -0.2) is 0 Å². The first kappa shape index (κ1) is 17.2. The van der Waals surface area contributed by atoms with Crippen LogP contribution in [0.25, 0.3) is 10.8 Å². The van der Waals surface area contributed by atoms with Gasteiger partial charge in [-0.15, -0.1) is 0 Å². The monoisotopic (exact) mass is 447 g/mol. The van der Waals surface area contributed by atoms with E-state index in [1.807, 2.05) is 54.3 Å². The lowest BCUT2D eigenvalue weighted by Crippen LogP contribution is -2.35. The average Bonchev–Trinajstić information content (AvgIpc) is 2.83. The van der Waals surface area contributed by atoms with E-state index in [0.717, 1.165) is 10.8 Å². The molecule has 1 aliphatic rings. The molecule has 1 aliphatic heterocycles. The van der Waals surface area contributed by atoms with Gasteiger partial charge in [-0.3, -0.25) is 0 Å². The first-order chi connectivity index (χ1) is 11.1. The number of aryl methyl sites for hydroxylation is 1. The quantitative estimate of drug-likeness (QED) is 0.576. The van der Waals surface area contributed by atoms with E-state index in [-0.39, 0.29) is 6.10 Å². The first-order valence-corrected chi connectivity index (χ1v) is 8.57. The summed E-state index contributed by atoms with van der Waals surface area (Å²) in [5, 5.41) is 12.6. The zero-order chi connectivity index (χ0) is 16.6. The molecule has 0 bridgehead atoms. The standard InChI is InChI=1S/C16H18INO4S/c1-9-3-4-11-10(7-9)5-6-18(16(11)23)15-13(19)14(20-2)12(22-15)8-21-17/h3-7,12-15,19H,8H2,1-2H3/t12-,13?,14?,15-/m1/s1. The summed E-state index contributed by atoms with van der Waals surface area (Å²) < 4.78 is 18.9. The van der Waals surface area contributed by atoms with Crippen LogP contribution >= 0.6 is 35.2 Å². The van der Waals surface area contributed by atoms with Gasteiger partial charge in [0.05, 0.1) is 6.61 Å². The first-order valence-electron chi connectivity index (χ1n) is 7.28. The van der Waals surface area contributed by atoms with Crippen molar-refractivity contribution >= 4 is 46.0 Å². The highest BCUT2D eigenvalue weighted by atomic mass is 127. The van der Waals surface area contributed by atoms with Gasteiger partial charge in [0.15, 0.2) is 6.23 Å². The minimum absolute atomic E-state index is 0.340. The molecule has 0 saturated carbocycles. The van der Waals surface area contributed by atoms with Crippen LogP contribution in [0.2, 0.25) is 0 Å². The maximum atomic E-state index is 10.6. The molecule has 5 nitrogen and oxygen atoms in total. The van der Waals surface area contributed by atoms with E-state index >= 15 is 0 Å². The topological polar surface area (TPSA) is 52.9 Å². The van der Waals surface area contributed by atoms with Crippen LogP contribution < -0.4 is 0 Å². The Labute approximate surface area is 153 Å². The maximum Gasteiger partial charge on any atom is 0.163 e. The summed E-state index contributed by atoms with van der Waals surface area (Å²) in [6.07, 6.45) is -0.336. The highest BCUT2D eigenvalue weighted by molar-refractivity contribution is 14.1. The summed E-state index contributed by atoms with van der Waals surface area (Å²) >= 11 is 7.41. The van der Waals surface area contributed by atoms with Crippen LogP contribution in [0.5, 0.6) is 0 Å². The van der Waals surface area contributed by atoms with Crippen molar-refractivity contribution < 1.29 is 17.6 Å². The van der Waals surface area contributed by atoms with E-state index in [4.69, 9.17) is 24.8 Å². The van der Waals surface area contributed by atoms with Gasteiger partial charge in [-0.2, -0.15) is 0 Å². The highest BCUT2D eigenvalue weighted by Crippen LogP contribution is 2.33. The fourth-order valence-electron chi connectivity index (χ4n) is 3.02. The number of aliphatic hydroxyl groups excluding tert-OH is 1. The molecule has 2 aromatic rings. The van der Waals surface area contributed by atoms with Gasteiger partial charge in [0.2, 0.25) is 0 Å². The molecule has 0 amide bonds. The van der Waals surface area contributed by atoms with Gasteiger partial charge in [0.25, 0.3) is 0 Å². The van der Waals surface area contributed by atoms with Crippen molar-refractivity contribution in [2.24, 2.45) is 0 Å². The molecule has 1 aromatic heterocycles. The lowest BCUT2D eigenvalue weighted by atomic mass is 10.1. The van der Waals surface area contributed by atoms with Crippen molar-refractivity contribution in [3.05, 3.63) is 40.7 Å². The maximum absolute atomic E-state index is 10.6. The van der Waals surface area contributed by atoms with Gasteiger partial charge < -0.3 is 22.2 Å². The van der Waals surface area contributed by atoms with Gasteiger partial charge in [0, 0.05) is 18.7 Å². The van der Waals surface area contributed by atoms with Crippen molar-refractivity contribution in [3.8, 4) is 0 Å². The van der Waals surface area contributed by atoms with Gasteiger partial charge in [-0.1, -0.05) is 36.0 Å². The van der Waals surface area contributed by atoms with E-state index < -0.39 is 18.4 Å². The molecule has 1 N–H and O–H groups in total. The highest BCUT2D eigenvalue weighted by Gasteiger charge is 2.45. The van der Waals surface area contributed by atoms with Crippen LogP contribution in [0.3, 0.4) is 0 Å². The summed E-state index contributed by atoms with van der Waals surface area (Å²) in [5.74, 6) is 0. The van der Waals surface area contributed by atoms with Crippen LogP contribution in [-0.4, -0.2) is 41.7 Å². The molecular formula is C16H18INO4S. The van der Waals surface area contributed by atoms with Crippen LogP contribution in [0, 0.1) is 11.6 Å². The molecule has 7 heteroatoms. The van der Waals surface area contributed by atoms with E-state index in [0.29, 0.717) is 11.2 Å². The molecule has 2 heterocycles. The Morgan fingerprint density at radius 2 is 2.17 bits per heavy atom. The lowest BCUT2D eigenvalue weighted by Gasteiger charge is -2.20. The largest absolute Gasteiger partial charge is 0.386 e. The number of ether oxygens (including phenoxy) is 2. The average molecular weight is 447 g/mol. The molecule has 4 atom stereocenters. The number of hydrogen-bond acceptors (Lipinski definition) is 5. The van der Waals surface area contributed by atoms with Crippen LogP contribution in [0.15, 0.2) is 30.5 Å². The Bertz CT molecular complexity index is 765. The second-order valence-corrected chi connectivity index (χ2v) is 6.66. The predicted molar refractivity (Wildman–Crippen MR) is 98.2 cm³/mol. The number of aliphatic hydroxyl groups is 1. The Kier molecular flexibility index (Phi) is 5.34. The van der Waals surface area contributed by atoms with Gasteiger partial charge >= 0.3 is 0 Å². The Morgan fingerprint density at radius 3 is 2.87 bits per heavy atom. The minimum atomic E-state index is -0.814. The third kappa shape index (κ3) is 3.18. The fraction of sp³-hybridized carbons (Fsp3) is 0.438. The number of aromatic nitrogens is 1. The van der Waals surface area contributed by atoms with Gasteiger partial charge in [0.1, 0.15) is 46.0 Å². The Balaban J connectivity index is 2.01. The summed E-state index contributed by atoms with van der Waals surface area (Å²) in [6.45, 7) is 2.39. The Morgan fingerprint density at radius 1 is 1.39 bits per heavy atom. The third-order valence-corrected chi connectivity index (χ3v) is 4.96. The van der Waals surface area contributed by atoms with Crippen molar-refractivity contribution in [2.45, 2.75) is 31.5 Å². The van der Waals surface area contributed by atoms with Crippen LogP contribution in [0.4, 0.5) is 0 Å². The number of methoxy groups -OCH3 is 1. The molecule has 1 fully saturated rings. The van der Waals surface area contributed by atoms with Crippen molar-refractivity contribution in [1.82, 2.24) is 4.57 Å². The molecular weight excluding hydrogens is 429 g/mol. The van der Waals surface area contributed by atoms with Crippen LogP contribution in [-0.2, 0) is 12.5 Å². The summed E-state index contributed by atoms with van der Waals surface area (Å²) in [5.41, 5.74) is 1.18. The normalized spacial score (nSPS) is 27.7. The zero-order valence-electron chi connectivity index (χ0n) is 12.8. The number of hydrogen-bond donors (Lipinski definition) is 1. The van der Waals surface area contributed by atoms with E-state index in [1.54, 1.807) is 11.7 Å². The summed E-state index contributed by atoms with van der Waals surface area (Å²) in [7, 11) is 1.56. The van der Waals surface area contributed by atoms with E-state index in [2.05, 4.69) is 6.07 Å². The van der Waals surface area contributed by atoms with Crippen molar-refractivity contribution in [1.29, 1.82) is 0 Å². The van der Waals surface area contributed by atoms with Gasteiger partial charge in [-0.05, 0) is 18.4 Å². The number of fused-ring (bicyclic) bond motifs is 1. The zero-order valence-corrected chi connectivity index (χ0v) is 15.8. The smallest absolute Gasteiger partial charge is 0.163 e. The molecule has 1 saturated heterocycles. The number of nitrogens with zero attached hydrogens (tertiary/aromatic N) is 1. The van der Waals surface area contributed by atoms with E-state index in [1.165, 1.54) is 5.56 Å². The fourth-order valence-corrected chi connectivity index (χ4v) is 3.72. The van der Waals surface area contributed by atoms with Crippen molar-refractivity contribution in [3.63, 3.8) is 0 Å². The lowest BCUT2D eigenvalue weighted by molar-refractivity contribution is -0.0467. The van der Waals surface area contributed by atoms with E-state index in [9.17, 15) is 5.11 Å². The number of rotatable bonds is 4. The SMILES string of the molecule is COC1C(O)[C@H](n2ccc3cc(C)ccc3c2=S)O[C@@H]1COI.